The van der Waals surface area contributed by atoms with Gasteiger partial charge >= 0.3 is 0 Å². The van der Waals surface area contributed by atoms with Crippen LogP contribution in [0.2, 0.25) is 10.0 Å². The average molecular weight is 321 g/mol. The predicted molar refractivity (Wildman–Crippen MR) is 85.5 cm³/mol. The van der Waals surface area contributed by atoms with E-state index in [0.717, 1.165) is 16.5 Å². The molecular weight excluding hydrogens is 310 g/mol. The third-order valence-electron chi connectivity index (χ3n) is 3.18. The number of pyridine rings is 1. The number of benzene rings is 2. The lowest BCUT2D eigenvalue weighted by Gasteiger charge is -2.12. The summed E-state index contributed by atoms with van der Waals surface area (Å²) in [5, 5.41) is 4.72. The molecule has 1 heterocycles. The van der Waals surface area contributed by atoms with Gasteiger partial charge in [0.2, 0.25) is 0 Å². The molecule has 106 valence electrons. The summed E-state index contributed by atoms with van der Waals surface area (Å²) in [5.74, 6) is -0.456. The Hall–Kier alpha value is -1.84. The highest BCUT2D eigenvalue weighted by Gasteiger charge is 2.09. The van der Waals surface area contributed by atoms with Gasteiger partial charge in [-0.15, -0.1) is 0 Å². The monoisotopic (exact) mass is 320 g/mol. The van der Waals surface area contributed by atoms with Crippen LogP contribution in [-0.2, 0) is 6.54 Å². The van der Waals surface area contributed by atoms with Crippen LogP contribution in [0, 0.1) is 5.82 Å². The van der Waals surface area contributed by atoms with Gasteiger partial charge in [0.25, 0.3) is 0 Å². The third kappa shape index (κ3) is 2.94. The van der Waals surface area contributed by atoms with E-state index in [2.05, 4.69) is 10.3 Å². The van der Waals surface area contributed by atoms with Crippen LogP contribution < -0.4 is 5.32 Å². The zero-order valence-corrected chi connectivity index (χ0v) is 12.4. The second-order valence-electron chi connectivity index (χ2n) is 4.59. The van der Waals surface area contributed by atoms with Crippen molar-refractivity contribution in [2.75, 3.05) is 5.32 Å². The lowest BCUT2D eigenvalue weighted by atomic mass is 10.1. The molecule has 21 heavy (non-hydrogen) atoms. The zero-order chi connectivity index (χ0) is 14.8. The Kier molecular flexibility index (Phi) is 3.95. The Bertz CT molecular complexity index is 777. The van der Waals surface area contributed by atoms with E-state index in [0.29, 0.717) is 12.2 Å². The maximum absolute atomic E-state index is 13.2. The van der Waals surface area contributed by atoms with E-state index in [1.54, 1.807) is 6.20 Å². The van der Waals surface area contributed by atoms with Gasteiger partial charge < -0.3 is 5.32 Å². The van der Waals surface area contributed by atoms with E-state index in [-0.39, 0.29) is 10.0 Å². The first kappa shape index (κ1) is 14.1. The summed E-state index contributed by atoms with van der Waals surface area (Å²) in [4.78, 5) is 4.39. The summed E-state index contributed by atoms with van der Waals surface area (Å²) < 4.78 is 13.2. The predicted octanol–water partition coefficient (Wildman–Crippen LogP) is 5.29. The van der Waals surface area contributed by atoms with E-state index in [9.17, 15) is 4.39 Å². The second kappa shape index (κ2) is 5.88. The molecule has 0 fully saturated rings. The number of fused-ring (bicyclic) bond motifs is 1. The van der Waals surface area contributed by atoms with Gasteiger partial charge in [-0.3, -0.25) is 4.98 Å². The van der Waals surface area contributed by atoms with E-state index in [1.165, 1.54) is 12.1 Å². The highest BCUT2D eigenvalue weighted by Crippen LogP contribution is 2.32. The number of nitrogens with zero attached hydrogens (tertiary/aromatic N) is 1. The Balaban J connectivity index is 1.91. The van der Waals surface area contributed by atoms with E-state index in [1.807, 2.05) is 30.3 Å². The number of rotatable bonds is 3. The third-order valence-corrected chi connectivity index (χ3v) is 3.77. The fraction of sp³-hybridized carbons (Fsp3) is 0.0625. The minimum Gasteiger partial charge on any atom is -0.378 e. The number of para-hydroxylation sites is 1. The van der Waals surface area contributed by atoms with E-state index < -0.39 is 5.82 Å². The minimum absolute atomic E-state index is 0.258. The molecule has 0 aliphatic carbocycles. The average Bonchev–Trinajstić information content (AvgIpc) is 2.46. The van der Waals surface area contributed by atoms with Crippen molar-refractivity contribution in [1.29, 1.82) is 0 Å². The summed E-state index contributed by atoms with van der Waals surface area (Å²) in [6.45, 7) is 0.499. The first-order chi connectivity index (χ1) is 10.1. The zero-order valence-electron chi connectivity index (χ0n) is 10.9. The molecule has 0 amide bonds. The molecule has 3 rings (SSSR count). The molecule has 0 bridgehead atoms. The van der Waals surface area contributed by atoms with Crippen LogP contribution in [-0.4, -0.2) is 4.98 Å². The summed E-state index contributed by atoms with van der Waals surface area (Å²) in [7, 11) is 0. The maximum atomic E-state index is 13.2. The summed E-state index contributed by atoms with van der Waals surface area (Å²) >= 11 is 12.0. The molecule has 1 N–H and O–H groups in total. The molecule has 0 aliphatic rings. The van der Waals surface area contributed by atoms with Crippen molar-refractivity contribution in [2.45, 2.75) is 6.54 Å². The van der Waals surface area contributed by atoms with Gasteiger partial charge in [0, 0.05) is 18.1 Å². The topological polar surface area (TPSA) is 24.9 Å². The van der Waals surface area contributed by atoms with Crippen LogP contribution in [0.5, 0.6) is 0 Å². The molecule has 2 aromatic carbocycles. The van der Waals surface area contributed by atoms with Gasteiger partial charge in [-0.25, -0.2) is 4.39 Å². The number of halogens is 3. The van der Waals surface area contributed by atoms with Crippen molar-refractivity contribution in [3.63, 3.8) is 0 Å². The van der Waals surface area contributed by atoms with Crippen molar-refractivity contribution in [3.05, 3.63) is 70.1 Å². The van der Waals surface area contributed by atoms with E-state index >= 15 is 0 Å². The summed E-state index contributed by atoms with van der Waals surface area (Å²) in [6.07, 6.45) is 1.75. The van der Waals surface area contributed by atoms with Crippen molar-refractivity contribution < 1.29 is 4.39 Å². The fourth-order valence-electron chi connectivity index (χ4n) is 2.20. The molecular formula is C16H11Cl2FN2. The molecule has 0 radical (unpaired) electrons. The van der Waals surface area contributed by atoms with Crippen LogP contribution in [0.15, 0.2) is 48.7 Å². The highest BCUT2D eigenvalue weighted by molar-refractivity contribution is 6.39. The molecule has 2 nitrogen and oxygen atoms in total. The minimum atomic E-state index is -0.456. The Labute approximate surface area is 131 Å². The first-order valence-corrected chi connectivity index (χ1v) is 7.12. The number of aromatic nitrogens is 1. The van der Waals surface area contributed by atoms with Gasteiger partial charge in [-0.2, -0.15) is 0 Å². The highest BCUT2D eigenvalue weighted by atomic mass is 35.5. The molecule has 0 saturated carbocycles. The van der Waals surface area contributed by atoms with Crippen molar-refractivity contribution in [3.8, 4) is 0 Å². The molecule has 0 unspecified atom stereocenters. The molecule has 0 spiro atoms. The Morgan fingerprint density at radius 3 is 2.52 bits per heavy atom. The number of nitrogens with one attached hydrogen (secondary N) is 1. The molecule has 1 aromatic heterocycles. The normalized spacial score (nSPS) is 10.8. The lowest BCUT2D eigenvalue weighted by Crippen LogP contribution is -2.02. The quantitative estimate of drug-likeness (QED) is 0.709. The molecule has 0 saturated heterocycles. The SMILES string of the molecule is Fc1cc(Cl)c(NCc2cccc3cccnc23)c(Cl)c1. The Morgan fingerprint density at radius 1 is 1.05 bits per heavy atom. The van der Waals surface area contributed by atoms with Crippen molar-refractivity contribution >= 4 is 39.8 Å². The van der Waals surface area contributed by atoms with Gasteiger partial charge in [0.15, 0.2) is 0 Å². The smallest absolute Gasteiger partial charge is 0.126 e. The molecule has 3 aromatic rings. The molecule has 5 heteroatoms. The second-order valence-corrected chi connectivity index (χ2v) is 5.40. The van der Waals surface area contributed by atoms with Crippen molar-refractivity contribution in [2.24, 2.45) is 0 Å². The van der Waals surface area contributed by atoms with Crippen LogP contribution >= 0.6 is 23.2 Å². The van der Waals surface area contributed by atoms with Gasteiger partial charge in [0.05, 0.1) is 21.2 Å². The molecule has 0 aliphatic heterocycles. The van der Waals surface area contributed by atoms with Gasteiger partial charge in [0.1, 0.15) is 5.82 Å². The van der Waals surface area contributed by atoms with Crippen LogP contribution in [0.1, 0.15) is 5.56 Å². The van der Waals surface area contributed by atoms with Crippen LogP contribution in [0.25, 0.3) is 10.9 Å². The standard InChI is InChI=1S/C16H11Cl2FN2/c17-13-7-12(19)8-14(18)16(13)21-9-11-4-1-3-10-5-2-6-20-15(10)11/h1-8,21H,9H2. The van der Waals surface area contributed by atoms with Crippen LogP contribution in [0.4, 0.5) is 10.1 Å². The maximum Gasteiger partial charge on any atom is 0.126 e. The first-order valence-electron chi connectivity index (χ1n) is 6.36. The number of anilines is 1. The Morgan fingerprint density at radius 2 is 1.76 bits per heavy atom. The molecule has 0 atom stereocenters. The summed E-state index contributed by atoms with van der Waals surface area (Å²) in [5.41, 5.74) is 2.46. The van der Waals surface area contributed by atoms with Crippen molar-refractivity contribution in [1.82, 2.24) is 4.98 Å². The lowest BCUT2D eigenvalue weighted by molar-refractivity contribution is 0.628. The largest absolute Gasteiger partial charge is 0.378 e. The number of hydrogen-bond donors (Lipinski definition) is 1. The van der Waals surface area contributed by atoms with Gasteiger partial charge in [-0.1, -0.05) is 47.5 Å². The van der Waals surface area contributed by atoms with Gasteiger partial charge in [-0.05, 0) is 23.8 Å². The van der Waals surface area contributed by atoms with E-state index in [4.69, 9.17) is 23.2 Å². The fourth-order valence-corrected chi connectivity index (χ4v) is 2.80. The summed E-state index contributed by atoms with van der Waals surface area (Å²) in [6, 6.07) is 12.3. The number of hydrogen-bond acceptors (Lipinski definition) is 2. The van der Waals surface area contributed by atoms with Crippen LogP contribution in [0.3, 0.4) is 0 Å².